The standard InChI is InChI=1S/C13H16N2O2/c1-9(2)15-13(17)11(8-14)6-10-4-3-5-12(16)7-10/h3-5,7,9,11,16H,6H2,1-2H3,(H,15,17). The van der Waals surface area contributed by atoms with Crippen molar-refractivity contribution in [1.29, 1.82) is 5.26 Å². The van der Waals surface area contributed by atoms with Crippen LogP contribution in [0.15, 0.2) is 24.3 Å². The van der Waals surface area contributed by atoms with Crippen molar-refractivity contribution in [3.63, 3.8) is 0 Å². The molecule has 0 saturated heterocycles. The number of aromatic hydroxyl groups is 1. The Morgan fingerprint density at radius 1 is 1.53 bits per heavy atom. The molecule has 4 heteroatoms. The third kappa shape index (κ3) is 4.15. The monoisotopic (exact) mass is 232 g/mol. The summed E-state index contributed by atoms with van der Waals surface area (Å²) in [4.78, 5) is 11.7. The maximum Gasteiger partial charge on any atom is 0.237 e. The zero-order valence-corrected chi connectivity index (χ0v) is 9.97. The fourth-order valence-electron chi connectivity index (χ4n) is 1.50. The summed E-state index contributed by atoms with van der Waals surface area (Å²) in [7, 11) is 0. The number of phenolic OH excluding ortho intramolecular Hbond substituents is 1. The summed E-state index contributed by atoms with van der Waals surface area (Å²) in [6, 6.07) is 8.59. The van der Waals surface area contributed by atoms with E-state index in [-0.39, 0.29) is 17.7 Å². The van der Waals surface area contributed by atoms with Gasteiger partial charge in [0.1, 0.15) is 11.7 Å². The van der Waals surface area contributed by atoms with Crippen molar-refractivity contribution in [3.05, 3.63) is 29.8 Å². The second kappa shape index (κ2) is 5.90. The largest absolute Gasteiger partial charge is 0.508 e. The topological polar surface area (TPSA) is 73.1 Å². The van der Waals surface area contributed by atoms with E-state index in [2.05, 4.69) is 5.32 Å². The summed E-state index contributed by atoms with van der Waals surface area (Å²) < 4.78 is 0. The summed E-state index contributed by atoms with van der Waals surface area (Å²) in [5, 5.41) is 21.0. The molecule has 90 valence electrons. The summed E-state index contributed by atoms with van der Waals surface area (Å²) in [5.74, 6) is -0.853. The van der Waals surface area contributed by atoms with Crippen LogP contribution in [0, 0.1) is 17.2 Å². The Morgan fingerprint density at radius 3 is 2.76 bits per heavy atom. The van der Waals surface area contributed by atoms with E-state index in [4.69, 9.17) is 5.26 Å². The molecule has 0 radical (unpaired) electrons. The van der Waals surface area contributed by atoms with Crippen molar-refractivity contribution in [1.82, 2.24) is 5.32 Å². The van der Waals surface area contributed by atoms with Crippen LogP contribution >= 0.6 is 0 Å². The summed E-state index contributed by atoms with van der Waals surface area (Å²) in [6.07, 6.45) is 0.309. The summed E-state index contributed by atoms with van der Waals surface area (Å²) in [5.41, 5.74) is 0.774. The van der Waals surface area contributed by atoms with E-state index < -0.39 is 5.92 Å². The molecule has 4 nitrogen and oxygen atoms in total. The van der Waals surface area contributed by atoms with Crippen LogP contribution in [0.2, 0.25) is 0 Å². The van der Waals surface area contributed by atoms with Crippen molar-refractivity contribution >= 4 is 5.91 Å². The van der Waals surface area contributed by atoms with E-state index in [0.717, 1.165) is 5.56 Å². The number of carbonyl (C=O) groups excluding carboxylic acids is 1. The molecule has 1 unspecified atom stereocenters. The van der Waals surface area contributed by atoms with Gasteiger partial charge in [0.15, 0.2) is 0 Å². The van der Waals surface area contributed by atoms with Crippen molar-refractivity contribution in [2.24, 2.45) is 5.92 Å². The van der Waals surface area contributed by atoms with Crippen LogP contribution in [0.4, 0.5) is 0 Å². The average molecular weight is 232 g/mol. The highest BCUT2D eigenvalue weighted by atomic mass is 16.3. The maximum atomic E-state index is 11.7. The van der Waals surface area contributed by atoms with E-state index in [1.54, 1.807) is 24.3 Å². The van der Waals surface area contributed by atoms with Crippen molar-refractivity contribution in [2.75, 3.05) is 0 Å². The van der Waals surface area contributed by atoms with Crippen molar-refractivity contribution in [2.45, 2.75) is 26.3 Å². The predicted molar refractivity (Wildman–Crippen MR) is 64.2 cm³/mol. The highest BCUT2D eigenvalue weighted by Gasteiger charge is 2.18. The highest BCUT2D eigenvalue weighted by molar-refractivity contribution is 5.81. The Balaban J connectivity index is 2.71. The number of amides is 1. The van der Waals surface area contributed by atoms with Gasteiger partial charge in [-0.1, -0.05) is 12.1 Å². The fourth-order valence-corrected chi connectivity index (χ4v) is 1.50. The molecule has 0 heterocycles. The van der Waals surface area contributed by atoms with Gasteiger partial charge in [-0.05, 0) is 38.0 Å². The number of hydrogen-bond acceptors (Lipinski definition) is 3. The Bertz CT molecular complexity index is 435. The molecule has 1 amide bonds. The summed E-state index contributed by atoms with van der Waals surface area (Å²) in [6.45, 7) is 3.70. The predicted octanol–water partition coefficient (Wildman–Crippen LogP) is 1.60. The van der Waals surface area contributed by atoms with Gasteiger partial charge in [0.2, 0.25) is 5.91 Å². The molecule has 0 spiro atoms. The van der Waals surface area contributed by atoms with E-state index >= 15 is 0 Å². The molecule has 0 fully saturated rings. The molecule has 0 aromatic heterocycles. The van der Waals surface area contributed by atoms with Crippen LogP contribution in [0.25, 0.3) is 0 Å². The number of nitriles is 1. The first-order chi connectivity index (χ1) is 8.02. The van der Waals surface area contributed by atoms with Gasteiger partial charge >= 0.3 is 0 Å². The SMILES string of the molecule is CC(C)NC(=O)C(C#N)Cc1cccc(O)c1. The molecule has 0 aliphatic rings. The van der Waals surface area contributed by atoms with Crippen LogP contribution < -0.4 is 5.32 Å². The van der Waals surface area contributed by atoms with Crippen molar-refractivity contribution < 1.29 is 9.90 Å². The smallest absolute Gasteiger partial charge is 0.237 e. The van der Waals surface area contributed by atoms with Gasteiger partial charge in [-0.25, -0.2) is 0 Å². The first-order valence-corrected chi connectivity index (χ1v) is 5.51. The van der Waals surface area contributed by atoms with Crippen LogP contribution in [0.3, 0.4) is 0 Å². The molecule has 1 rings (SSSR count). The number of phenols is 1. The molecular weight excluding hydrogens is 216 g/mol. The van der Waals surface area contributed by atoms with Gasteiger partial charge in [0, 0.05) is 6.04 Å². The number of hydrogen-bond donors (Lipinski definition) is 2. The van der Waals surface area contributed by atoms with Crippen LogP contribution in [-0.2, 0) is 11.2 Å². The van der Waals surface area contributed by atoms with Crippen molar-refractivity contribution in [3.8, 4) is 11.8 Å². The van der Waals surface area contributed by atoms with Gasteiger partial charge in [-0.15, -0.1) is 0 Å². The zero-order valence-electron chi connectivity index (χ0n) is 9.97. The Morgan fingerprint density at radius 2 is 2.24 bits per heavy atom. The Hall–Kier alpha value is -2.02. The van der Waals surface area contributed by atoms with Gasteiger partial charge in [-0.3, -0.25) is 4.79 Å². The lowest BCUT2D eigenvalue weighted by Crippen LogP contribution is -2.35. The Kier molecular flexibility index (Phi) is 4.53. The zero-order chi connectivity index (χ0) is 12.8. The molecular formula is C13H16N2O2. The second-order valence-corrected chi connectivity index (χ2v) is 4.22. The van der Waals surface area contributed by atoms with Crippen LogP contribution in [0.1, 0.15) is 19.4 Å². The lowest BCUT2D eigenvalue weighted by molar-refractivity contribution is -0.123. The molecule has 17 heavy (non-hydrogen) atoms. The van der Waals surface area contributed by atoms with Crippen LogP contribution in [0.5, 0.6) is 5.75 Å². The minimum atomic E-state index is -0.723. The van der Waals surface area contributed by atoms with E-state index in [9.17, 15) is 9.90 Å². The number of nitrogens with one attached hydrogen (secondary N) is 1. The van der Waals surface area contributed by atoms with Gasteiger partial charge in [0.25, 0.3) is 0 Å². The fraction of sp³-hybridized carbons (Fsp3) is 0.385. The van der Waals surface area contributed by atoms with Crippen LogP contribution in [-0.4, -0.2) is 17.1 Å². The molecule has 1 atom stereocenters. The van der Waals surface area contributed by atoms with Gasteiger partial charge in [-0.2, -0.15) is 5.26 Å². The lowest BCUT2D eigenvalue weighted by Gasteiger charge is -2.12. The number of benzene rings is 1. The van der Waals surface area contributed by atoms with Gasteiger partial charge < -0.3 is 10.4 Å². The first-order valence-electron chi connectivity index (χ1n) is 5.51. The Labute approximate surface area is 101 Å². The summed E-state index contributed by atoms with van der Waals surface area (Å²) >= 11 is 0. The minimum absolute atomic E-state index is 0.0162. The molecule has 0 aliphatic carbocycles. The first kappa shape index (κ1) is 13.0. The molecule has 2 N–H and O–H groups in total. The normalized spacial score (nSPS) is 11.9. The molecule has 0 bridgehead atoms. The van der Waals surface area contributed by atoms with E-state index in [1.807, 2.05) is 19.9 Å². The number of rotatable bonds is 4. The number of carbonyl (C=O) groups is 1. The second-order valence-electron chi connectivity index (χ2n) is 4.22. The molecule has 1 aromatic rings. The molecule has 1 aromatic carbocycles. The highest BCUT2D eigenvalue weighted by Crippen LogP contribution is 2.15. The van der Waals surface area contributed by atoms with E-state index in [0.29, 0.717) is 6.42 Å². The van der Waals surface area contributed by atoms with Gasteiger partial charge in [0.05, 0.1) is 6.07 Å². The average Bonchev–Trinajstić information content (AvgIpc) is 2.24. The molecule has 0 saturated carbocycles. The minimum Gasteiger partial charge on any atom is -0.508 e. The third-order valence-corrected chi connectivity index (χ3v) is 2.25. The quantitative estimate of drug-likeness (QED) is 0.828. The molecule has 0 aliphatic heterocycles. The van der Waals surface area contributed by atoms with E-state index in [1.165, 1.54) is 0 Å². The third-order valence-electron chi connectivity index (χ3n) is 2.25. The lowest BCUT2D eigenvalue weighted by atomic mass is 9.99. The maximum absolute atomic E-state index is 11.7. The number of nitrogens with zero attached hydrogens (tertiary/aromatic N) is 1.